The van der Waals surface area contributed by atoms with Crippen molar-refractivity contribution < 1.29 is 9.18 Å². The summed E-state index contributed by atoms with van der Waals surface area (Å²) in [5.74, 6) is -0.676. The van der Waals surface area contributed by atoms with Crippen molar-refractivity contribution in [3.05, 3.63) is 34.6 Å². The van der Waals surface area contributed by atoms with E-state index in [0.29, 0.717) is 12.1 Å². The summed E-state index contributed by atoms with van der Waals surface area (Å²) in [6, 6.07) is 4.38. The van der Waals surface area contributed by atoms with Gasteiger partial charge in [0.05, 0.1) is 5.02 Å². The Bertz CT molecular complexity index is 368. The largest absolute Gasteiger partial charge is 0.330 e. The van der Waals surface area contributed by atoms with Gasteiger partial charge in [0.25, 0.3) is 0 Å². The van der Waals surface area contributed by atoms with Gasteiger partial charge in [-0.05, 0) is 17.7 Å². The quantitative estimate of drug-likeness (QED) is 0.860. The summed E-state index contributed by atoms with van der Waals surface area (Å²) in [7, 11) is 0. The number of Topliss-reactive ketones (excluding diaryl/α,β-unsaturated/α-hetero) is 1. The van der Waals surface area contributed by atoms with E-state index in [0.717, 1.165) is 0 Å². The fraction of sp³-hybridized carbons (Fsp3) is 0.364. The standard InChI is InChI=1S/C11H13ClFNO/c1-7(6-14)11(15)5-8-2-3-9(12)10(13)4-8/h2-4,7H,5-6,14H2,1H3. The summed E-state index contributed by atoms with van der Waals surface area (Å²) in [4.78, 5) is 11.5. The van der Waals surface area contributed by atoms with Crippen LogP contribution in [0.25, 0.3) is 0 Å². The van der Waals surface area contributed by atoms with Crippen molar-refractivity contribution in [2.24, 2.45) is 11.7 Å². The normalized spacial score (nSPS) is 12.5. The maximum atomic E-state index is 13.0. The molecule has 0 bridgehead atoms. The number of ketones is 1. The first-order valence-electron chi connectivity index (χ1n) is 4.71. The van der Waals surface area contributed by atoms with E-state index in [1.165, 1.54) is 12.1 Å². The Labute approximate surface area is 93.2 Å². The molecule has 0 radical (unpaired) electrons. The molecule has 0 heterocycles. The van der Waals surface area contributed by atoms with Gasteiger partial charge in [0.2, 0.25) is 0 Å². The van der Waals surface area contributed by atoms with E-state index < -0.39 is 5.82 Å². The SMILES string of the molecule is CC(CN)C(=O)Cc1ccc(Cl)c(F)c1. The third-order valence-corrected chi connectivity index (χ3v) is 2.57. The van der Waals surface area contributed by atoms with E-state index >= 15 is 0 Å². The minimum atomic E-state index is -0.498. The average Bonchev–Trinajstić information content (AvgIpc) is 2.22. The fourth-order valence-corrected chi connectivity index (χ4v) is 1.27. The van der Waals surface area contributed by atoms with Crippen LogP contribution in [0.4, 0.5) is 4.39 Å². The summed E-state index contributed by atoms with van der Waals surface area (Å²) in [6.07, 6.45) is 0.201. The van der Waals surface area contributed by atoms with Gasteiger partial charge in [-0.1, -0.05) is 24.6 Å². The molecule has 0 spiro atoms. The topological polar surface area (TPSA) is 43.1 Å². The molecular weight excluding hydrogens is 217 g/mol. The van der Waals surface area contributed by atoms with Crippen LogP contribution in [0.15, 0.2) is 18.2 Å². The molecule has 0 aromatic heterocycles. The predicted octanol–water partition coefficient (Wildman–Crippen LogP) is 2.19. The number of hydrogen-bond acceptors (Lipinski definition) is 2. The van der Waals surface area contributed by atoms with Crippen LogP contribution in [0, 0.1) is 11.7 Å². The molecule has 0 aliphatic rings. The molecule has 1 atom stereocenters. The Morgan fingerprint density at radius 3 is 2.80 bits per heavy atom. The van der Waals surface area contributed by atoms with E-state index in [1.807, 2.05) is 0 Å². The summed E-state index contributed by atoms with van der Waals surface area (Å²) < 4.78 is 13.0. The lowest BCUT2D eigenvalue weighted by molar-refractivity contribution is -0.121. The van der Waals surface area contributed by atoms with E-state index in [9.17, 15) is 9.18 Å². The highest BCUT2D eigenvalue weighted by Crippen LogP contribution is 2.16. The smallest absolute Gasteiger partial charge is 0.142 e. The molecule has 15 heavy (non-hydrogen) atoms. The number of halogens is 2. The zero-order valence-corrected chi connectivity index (χ0v) is 9.22. The molecule has 0 amide bonds. The second-order valence-corrected chi connectivity index (χ2v) is 3.94. The third-order valence-electron chi connectivity index (χ3n) is 2.27. The van der Waals surface area contributed by atoms with Crippen molar-refractivity contribution in [3.8, 4) is 0 Å². The Morgan fingerprint density at radius 1 is 1.60 bits per heavy atom. The van der Waals surface area contributed by atoms with Crippen molar-refractivity contribution in [1.29, 1.82) is 0 Å². The monoisotopic (exact) mass is 229 g/mol. The molecule has 1 aromatic rings. The first kappa shape index (κ1) is 12.1. The molecule has 82 valence electrons. The van der Waals surface area contributed by atoms with Gasteiger partial charge in [0, 0.05) is 18.9 Å². The van der Waals surface area contributed by atoms with Crippen LogP contribution in [0.5, 0.6) is 0 Å². The number of benzene rings is 1. The van der Waals surface area contributed by atoms with Crippen molar-refractivity contribution in [1.82, 2.24) is 0 Å². The lowest BCUT2D eigenvalue weighted by Crippen LogP contribution is -2.22. The Morgan fingerprint density at radius 2 is 2.27 bits per heavy atom. The molecule has 1 rings (SSSR count). The van der Waals surface area contributed by atoms with Crippen LogP contribution < -0.4 is 5.73 Å². The number of rotatable bonds is 4. The minimum Gasteiger partial charge on any atom is -0.330 e. The van der Waals surface area contributed by atoms with Crippen molar-refractivity contribution in [2.75, 3.05) is 6.54 Å². The summed E-state index contributed by atoms with van der Waals surface area (Å²) in [5.41, 5.74) is 5.99. The van der Waals surface area contributed by atoms with Gasteiger partial charge < -0.3 is 5.73 Å². The summed E-state index contributed by atoms with van der Waals surface area (Å²) in [5, 5.41) is 0.0677. The van der Waals surface area contributed by atoms with Gasteiger partial charge in [-0.25, -0.2) is 4.39 Å². The molecule has 0 saturated heterocycles. The first-order valence-corrected chi connectivity index (χ1v) is 5.09. The van der Waals surface area contributed by atoms with Gasteiger partial charge in [-0.2, -0.15) is 0 Å². The van der Waals surface area contributed by atoms with Crippen LogP contribution in [0.1, 0.15) is 12.5 Å². The lowest BCUT2D eigenvalue weighted by atomic mass is 10.00. The zero-order chi connectivity index (χ0) is 11.4. The maximum Gasteiger partial charge on any atom is 0.142 e. The maximum absolute atomic E-state index is 13.0. The van der Waals surface area contributed by atoms with Crippen LogP contribution in [-0.4, -0.2) is 12.3 Å². The molecule has 0 aliphatic heterocycles. The van der Waals surface area contributed by atoms with Gasteiger partial charge in [-0.15, -0.1) is 0 Å². The van der Waals surface area contributed by atoms with E-state index in [1.54, 1.807) is 13.0 Å². The lowest BCUT2D eigenvalue weighted by Gasteiger charge is -2.07. The van der Waals surface area contributed by atoms with E-state index in [-0.39, 0.29) is 23.1 Å². The molecule has 1 unspecified atom stereocenters. The van der Waals surface area contributed by atoms with Gasteiger partial charge in [0.15, 0.2) is 0 Å². The van der Waals surface area contributed by atoms with Gasteiger partial charge in [0.1, 0.15) is 11.6 Å². The second kappa shape index (κ2) is 5.24. The Kier molecular flexibility index (Phi) is 4.24. The molecule has 0 fully saturated rings. The van der Waals surface area contributed by atoms with Crippen LogP contribution in [0.2, 0.25) is 5.02 Å². The number of nitrogens with two attached hydrogens (primary N) is 1. The Hall–Kier alpha value is -0.930. The van der Waals surface area contributed by atoms with Gasteiger partial charge >= 0.3 is 0 Å². The van der Waals surface area contributed by atoms with E-state index in [4.69, 9.17) is 17.3 Å². The van der Waals surface area contributed by atoms with Crippen molar-refractivity contribution >= 4 is 17.4 Å². The molecule has 4 heteroatoms. The molecule has 0 aliphatic carbocycles. The zero-order valence-electron chi connectivity index (χ0n) is 8.47. The van der Waals surface area contributed by atoms with Crippen molar-refractivity contribution in [3.63, 3.8) is 0 Å². The first-order chi connectivity index (χ1) is 7.04. The second-order valence-electron chi connectivity index (χ2n) is 3.53. The fourth-order valence-electron chi connectivity index (χ4n) is 1.16. The number of hydrogen-bond donors (Lipinski definition) is 1. The number of carbonyl (C=O) groups is 1. The molecule has 1 aromatic carbocycles. The van der Waals surface area contributed by atoms with Crippen LogP contribution >= 0.6 is 11.6 Å². The molecule has 2 nitrogen and oxygen atoms in total. The highest BCUT2D eigenvalue weighted by molar-refractivity contribution is 6.30. The minimum absolute atomic E-state index is 0.0132. The van der Waals surface area contributed by atoms with Crippen LogP contribution in [0.3, 0.4) is 0 Å². The summed E-state index contributed by atoms with van der Waals surface area (Å²) >= 11 is 5.53. The van der Waals surface area contributed by atoms with Crippen LogP contribution in [-0.2, 0) is 11.2 Å². The van der Waals surface area contributed by atoms with Crippen molar-refractivity contribution in [2.45, 2.75) is 13.3 Å². The molecule has 2 N–H and O–H groups in total. The molecular formula is C11H13ClFNO. The Balaban J connectivity index is 2.73. The highest BCUT2D eigenvalue weighted by atomic mass is 35.5. The highest BCUT2D eigenvalue weighted by Gasteiger charge is 2.12. The van der Waals surface area contributed by atoms with Gasteiger partial charge in [-0.3, -0.25) is 4.79 Å². The summed E-state index contributed by atoms with van der Waals surface area (Å²) in [6.45, 7) is 2.07. The predicted molar refractivity (Wildman–Crippen MR) is 58.3 cm³/mol. The number of carbonyl (C=O) groups excluding carboxylic acids is 1. The third kappa shape index (κ3) is 3.29. The molecule has 0 saturated carbocycles. The average molecular weight is 230 g/mol. The van der Waals surface area contributed by atoms with E-state index in [2.05, 4.69) is 0 Å².